The van der Waals surface area contributed by atoms with Gasteiger partial charge in [0, 0.05) is 0 Å². The van der Waals surface area contributed by atoms with Crippen molar-refractivity contribution in [1.82, 2.24) is 0 Å². The Balaban J connectivity index is 0. The van der Waals surface area contributed by atoms with E-state index in [4.69, 9.17) is 3.02 Å². The SMILES string of the molecule is O.O.[Sb][O]c1ccccc1. The minimum absolute atomic E-state index is 0. The Labute approximate surface area is 73.7 Å². The van der Waals surface area contributed by atoms with Crippen molar-refractivity contribution in [2.75, 3.05) is 0 Å². The molecule has 0 aromatic heterocycles. The number of hydrogen-bond donors (Lipinski definition) is 0. The van der Waals surface area contributed by atoms with E-state index in [1.165, 1.54) is 23.4 Å². The molecule has 3 nitrogen and oxygen atoms in total. The zero-order valence-electron chi connectivity index (χ0n) is 5.24. The Hall–Kier alpha value is -0.242. The van der Waals surface area contributed by atoms with Gasteiger partial charge in [0.1, 0.15) is 0 Å². The van der Waals surface area contributed by atoms with Crippen LogP contribution in [0.25, 0.3) is 0 Å². The second-order valence-corrected chi connectivity index (χ2v) is 1.93. The molecule has 0 amide bonds. The van der Waals surface area contributed by atoms with Crippen molar-refractivity contribution in [3.05, 3.63) is 30.3 Å². The van der Waals surface area contributed by atoms with Crippen LogP contribution in [0, 0.1) is 0 Å². The summed E-state index contributed by atoms with van der Waals surface area (Å²) in [6, 6.07) is 9.73. The van der Waals surface area contributed by atoms with Gasteiger partial charge in [0.25, 0.3) is 0 Å². The van der Waals surface area contributed by atoms with Crippen LogP contribution < -0.4 is 3.02 Å². The summed E-state index contributed by atoms with van der Waals surface area (Å²) in [7, 11) is 0. The molecule has 1 aromatic carbocycles. The van der Waals surface area contributed by atoms with Gasteiger partial charge in [-0.05, 0) is 0 Å². The van der Waals surface area contributed by atoms with Gasteiger partial charge in [-0.25, -0.2) is 0 Å². The van der Waals surface area contributed by atoms with Gasteiger partial charge in [-0.15, -0.1) is 0 Å². The average Bonchev–Trinajstić information content (AvgIpc) is 1.90. The molecule has 0 atom stereocenters. The Bertz CT molecular complexity index is 154. The van der Waals surface area contributed by atoms with Gasteiger partial charge >= 0.3 is 62.5 Å². The summed E-state index contributed by atoms with van der Waals surface area (Å²) in [5.41, 5.74) is 0. The Morgan fingerprint density at radius 1 is 1.00 bits per heavy atom. The first-order valence-electron chi connectivity index (χ1n) is 2.30. The molecule has 0 aliphatic carbocycles. The van der Waals surface area contributed by atoms with E-state index in [0.29, 0.717) is 0 Å². The van der Waals surface area contributed by atoms with Crippen molar-refractivity contribution >= 4 is 23.4 Å². The average molecular weight is 251 g/mol. The molecule has 56 valence electrons. The van der Waals surface area contributed by atoms with Crippen molar-refractivity contribution in [2.24, 2.45) is 0 Å². The number of benzene rings is 1. The zero-order chi connectivity index (χ0) is 5.82. The Morgan fingerprint density at radius 3 is 1.80 bits per heavy atom. The monoisotopic (exact) mass is 250 g/mol. The van der Waals surface area contributed by atoms with Crippen LogP contribution in [-0.2, 0) is 0 Å². The quantitative estimate of drug-likeness (QED) is 0.620. The van der Waals surface area contributed by atoms with Crippen LogP contribution in [0.2, 0.25) is 0 Å². The fourth-order valence-corrected chi connectivity index (χ4v) is 0.829. The van der Waals surface area contributed by atoms with E-state index in [0.717, 1.165) is 5.75 Å². The molecule has 1 aromatic rings. The first-order chi connectivity index (χ1) is 3.93. The Kier molecular flexibility index (Phi) is 8.55. The van der Waals surface area contributed by atoms with E-state index < -0.39 is 0 Å². The van der Waals surface area contributed by atoms with E-state index in [9.17, 15) is 0 Å². The molecule has 0 heterocycles. The summed E-state index contributed by atoms with van der Waals surface area (Å²) in [6.07, 6.45) is 0. The number of hydrogen-bond acceptors (Lipinski definition) is 1. The standard InChI is InChI=1S/C6H6O.2H2O.Sb/c7-6-4-2-1-3-5-6;;;/h1-5,7H;2*1H2;/q;;;+1/p-1. The maximum absolute atomic E-state index is 4.96. The molecule has 0 bridgehead atoms. The summed E-state index contributed by atoms with van der Waals surface area (Å²) in [6.45, 7) is 0. The predicted octanol–water partition coefficient (Wildman–Crippen LogP) is -0.501. The van der Waals surface area contributed by atoms with Gasteiger partial charge in [0.05, 0.1) is 0 Å². The summed E-state index contributed by atoms with van der Waals surface area (Å²) in [5, 5.41) is 0. The van der Waals surface area contributed by atoms with Crippen LogP contribution in [0.15, 0.2) is 30.3 Å². The molecule has 0 fully saturated rings. The molecule has 0 aliphatic rings. The molecule has 10 heavy (non-hydrogen) atoms. The third-order valence-corrected chi connectivity index (χ3v) is 1.45. The molecule has 0 spiro atoms. The number of para-hydroxylation sites is 1. The summed E-state index contributed by atoms with van der Waals surface area (Å²) in [4.78, 5) is 0. The molecule has 0 aliphatic heterocycles. The normalized spacial score (nSPS) is 6.90. The van der Waals surface area contributed by atoms with Crippen molar-refractivity contribution in [1.29, 1.82) is 0 Å². The van der Waals surface area contributed by atoms with E-state index in [1.54, 1.807) is 0 Å². The summed E-state index contributed by atoms with van der Waals surface area (Å²) < 4.78 is 4.96. The molecule has 4 heteroatoms. The van der Waals surface area contributed by atoms with E-state index in [-0.39, 0.29) is 11.0 Å². The summed E-state index contributed by atoms with van der Waals surface area (Å²) in [5.74, 6) is 0.932. The first-order valence-corrected chi connectivity index (χ1v) is 3.34. The van der Waals surface area contributed by atoms with Crippen LogP contribution in [0.3, 0.4) is 0 Å². The third-order valence-electron chi connectivity index (χ3n) is 0.849. The van der Waals surface area contributed by atoms with Crippen LogP contribution in [-0.4, -0.2) is 34.4 Å². The van der Waals surface area contributed by atoms with Crippen LogP contribution >= 0.6 is 0 Å². The van der Waals surface area contributed by atoms with Gasteiger partial charge in [-0.1, -0.05) is 0 Å². The first kappa shape index (κ1) is 12.4. The fraction of sp³-hybridized carbons (Fsp3) is 0. The molecule has 0 saturated carbocycles. The van der Waals surface area contributed by atoms with Crippen LogP contribution in [0.4, 0.5) is 0 Å². The van der Waals surface area contributed by atoms with Gasteiger partial charge in [-0.2, -0.15) is 0 Å². The summed E-state index contributed by atoms with van der Waals surface area (Å²) >= 11 is 1.34. The third kappa shape index (κ3) is 3.72. The van der Waals surface area contributed by atoms with Crippen LogP contribution in [0.1, 0.15) is 0 Å². The molecular weight excluding hydrogens is 242 g/mol. The predicted molar refractivity (Wildman–Crippen MR) is 40.1 cm³/mol. The maximum atomic E-state index is 4.96. The Morgan fingerprint density at radius 2 is 1.50 bits per heavy atom. The fourth-order valence-electron chi connectivity index (χ4n) is 0.481. The van der Waals surface area contributed by atoms with Crippen molar-refractivity contribution in [3.63, 3.8) is 0 Å². The zero-order valence-corrected chi connectivity index (χ0v) is 7.79. The number of rotatable bonds is 1. The second kappa shape index (κ2) is 6.87. The topological polar surface area (TPSA) is 72.2 Å². The van der Waals surface area contributed by atoms with E-state index in [1.807, 2.05) is 30.3 Å². The van der Waals surface area contributed by atoms with Gasteiger partial charge in [-0.3, -0.25) is 0 Å². The molecule has 0 saturated heterocycles. The van der Waals surface area contributed by atoms with E-state index in [2.05, 4.69) is 0 Å². The molecule has 4 N–H and O–H groups in total. The van der Waals surface area contributed by atoms with E-state index >= 15 is 0 Å². The van der Waals surface area contributed by atoms with Crippen LogP contribution in [0.5, 0.6) is 5.75 Å². The van der Waals surface area contributed by atoms with Crippen molar-refractivity contribution < 1.29 is 14.0 Å². The second-order valence-electron chi connectivity index (χ2n) is 1.40. The van der Waals surface area contributed by atoms with Gasteiger partial charge in [0.15, 0.2) is 0 Å². The van der Waals surface area contributed by atoms with Gasteiger partial charge in [0.2, 0.25) is 0 Å². The molecular formula is C6H9O3Sb. The van der Waals surface area contributed by atoms with Crippen molar-refractivity contribution in [3.8, 4) is 5.75 Å². The molecule has 0 unspecified atom stereocenters. The molecule has 1 rings (SSSR count). The van der Waals surface area contributed by atoms with Gasteiger partial charge < -0.3 is 11.0 Å². The minimum atomic E-state index is 0. The van der Waals surface area contributed by atoms with Crippen molar-refractivity contribution in [2.45, 2.75) is 0 Å². The molecule has 2 radical (unpaired) electrons.